The first-order valence-electron chi connectivity index (χ1n) is 9.00. The van der Waals surface area contributed by atoms with Crippen molar-refractivity contribution in [2.24, 2.45) is 5.92 Å². The lowest BCUT2D eigenvalue weighted by atomic mass is 9.76. The molecule has 3 rings (SSSR count). The average Bonchev–Trinajstić information content (AvgIpc) is 2.60. The molecule has 1 fully saturated rings. The Bertz CT molecular complexity index is 675. The Kier molecular flexibility index (Phi) is 7.33. The highest BCUT2D eigenvalue weighted by Gasteiger charge is 2.27. The van der Waals surface area contributed by atoms with Crippen LogP contribution in [0.1, 0.15) is 49.3 Å². The Hall–Kier alpha value is -1.75. The van der Waals surface area contributed by atoms with Gasteiger partial charge in [0.2, 0.25) is 0 Å². The fourth-order valence-electron chi connectivity index (χ4n) is 3.88. The zero-order chi connectivity index (χ0) is 17.8. The fraction of sp³-hybridized carbons (Fsp3) is 0.429. The van der Waals surface area contributed by atoms with Crippen LogP contribution in [0.4, 0.5) is 0 Å². The second kappa shape index (κ2) is 9.26. The molecule has 0 amide bonds. The van der Waals surface area contributed by atoms with Gasteiger partial charge in [-0.2, -0.15) is 0 Å². The van der Waals surface area contributed by atoms with E-state index >= 15 is 0 Å². The van der Waals surface area contributed by atoms with Crippen molar-refractivity contribution >= 4 is 12.4 Å². The van der Waals surface area contributed by atoms with E-state index in [-0.39, 0.29) is 18.2 Å². The number of aliphatic hydroxyl groups excluding tert-OH is 1. The summed E-state index contributed by atoms with van der Waals surface area (Å²) >= 11 is 0. The molecule has 0 heterocycles. The molecule has 4 nitrogen and oxygen atoms in total. The standard InChI is InChI=1S/C21H27NO3.ClH/c1-14-10-17(15-2-6-19(23)7-3-15)12-18(11-14)22-13-21(25)16-4-8-20(24)9-5-16;/h2-9,14,17-18,21-25H,10-13H2,1H3;1H. The molecule has 0 radical (unpaired) electrons. The summed E-state index contributed by atoms with van der Waals surface area (Å²) < 4.78 is 0. The maximum atomic E-state index is 10.3. The van der Waals surface area contributed by atoms with Crippen LogP contribution in [0.2, 0.25) is 0 Å². The topological polar surface area (TPSA) is 72.7 Å². The third-order valence-corrected chi connectivity index (χ3v) is 5.19. The van der Waals surface area contributed by atoms with Crippen LogP contribution in [-0.2, 0) is 0 Å². The van der Waals surface area contributed by atoms with Gasteiger partial charge in [0.15, 0.2) is 0 Å². The van der Waals surface area contributed by atoms with Crippen LogP contribution in [0.5, 0.6) is 11.5 Å². The van der Waals surface area contributed by atoms with Crippen molar-refractivity contribution < 1.29 is 15.3 Å². The first-order valence-corrected chi connectivity index (χ1v) is 9.00. The molecular weight excluding hydrogens is 350 g/mol. The van der Waals surface area contributed by atoms with Gasteiger partial charge in [0.25, 0.3) is 0 Å². The van der Waals surface area contributed by atoms with Crippen molar-refractivity contribution in [3.05, 3.63) is 59.7 Å². The number of nitrogens with one attached hydrogen (secondary N) is 1. The minimum Gasteiger partial charge on any atom is -0.508 e. The van der Waals surface area contributed by atoms with Crippen molar-refractivity contribution in [3.8, 4) is 11.5 Å². The number of phenolic OH excluding ortho intramolecular Hbond substituents is 2. The Balaban J connectivity index is 0.00000243. The average molecular weight is 378 g/mol. The summed E-state index contributed by atoms with van der Waals surface area (Å²) in [7, 11) is 0. The van der Waals surface area contributed by atoms with E-state index in [1.165, 1.54) is 5.56 Å². The molecule has 0 saturated heterocycles. The van der Waals surface area contributed by atoms with Crippen molar-refractivity contribution in [2.75, 3.05) is 6.54 Å². The van der Waals surface area contributed by atoms with Crippen LogP contribution < -0.4 is 5.32 Å². The smallest absolute Gasteiger partial charge is 0.115 e. The predicted octanol–water partition coefficient (Wildman–Crippen LogP) is 4.12. The molecule has 1 aliphatic rings. The third kappa shape index (κ3) is 5.37. The van der Waals surface area contributed by atoms with E-state index in [4.69, 9.17) is 0 Å². The molecule has 4 unspecified atom stereocenters. The Morgan fingerprint density at radius 1 is 0.923 bits per heavy atom. The summed E-state index contributed by atoms with van der Waals surface area (Å²) in [5.41, 5.74) is 2.08. The van der Waals surface area contributed by atoms with Gasteiger partial charge >= 0.3 is 0 Å². The highest BCUT2D eigenvalue weighted by atomic mass is 35.5. The van der Waals surface area contributed by atoms with E-state index in [1.54, 1.807) is 36.4 Å². The van der Waals surface area contributed by atoms with Gasteiger partial charge in [0.1, 0.15) is 11.5 Å². The summed E-state index contributed by atoms with van der Waals surface area (Å²) in [5, 5.41) is 32.7. The zero-order valence-electron chi connectivity index (χ0n) is 15.0. The van der Waals surface area contributed by atoms with Gasteiger partial charge in [-0.25, -0.2) is 0 Å². The molecule has 0 bridgehead atoms. The second-order valence-corrected chi connectivity index (χ2v) is 7.31. The number of aliphatic hydroxyl groups is 1. The van der Waals surface area contributed by atoms with E-state index in [2.05, 4.69) is 12.2 Å². The molecule has 0 aliphatic heterocycles. The highest BCUT2D eigenvalue weighted by Crippen LogP contribution is 2.36. The fourth-order valence-corrected chi connectivity index (χ4v) is 3.88. The number of benzene rings is 2. The molecule has 26 heavy (non-hydrogen) atoms. The van der Waals surface area contributed by atoms with Crippen LogP contribution >= 0.6 is 12.4 Å². The number of aromatic hydroxyl groups is 2. The Labute approximate surface area is 161 Å². The van der Waals surface area contributed by atoms with Gasteiger partial charge in [-0.3, -0.25) is 0 Å². The maximum absolute atomic E-state index is 10.3. The first kappa shape index (κ1) is 20.6. The van der Waals surface area contributed by atoms with Crippen LogP contribution in [0, 0.1) is 5.92 Å². The number of phenols is 2. The minimum atomic E-state index is -0.579. The van der Waals surface area contributed by atoms with Gasteiger partial charge in [-0.1, -0.05) is 31.2 Å². The summed E-state index contributed by atoms with van der Waals surface area (Å²) in [6.07, 6.45) is 2.72. The number of hydrogen-bond acceptors (Lipinski definition) is 4. The monoisotopic (exact) mass is 377 g/mol. The normalized spacial score (nSPS) is 23.8. The summed E-state index contributed by atoms with van der Waals surface area (Å²) in [4.78, 5) is 0. The third-order valence-electron chi connectivity index (χ3n) is 5.19. The quantitative estimate of drug-likeness (QED) is 0.632. The number of halogens is 1. The molecule has 2 aromatic carbocycles. The SMILES string of the molecule is CC1CC(NCC(O)c2ccc(O)cc2)CC(c2ccc(O)cc2)C1.Cl. The van der Waals surface area contributed by atoms with Crippen molar-refractivity contribution in [2.45, 2.75) is 44.2 Å². The van der Waals surface area contributed by atoms with E-state index < -0.39 is 6.10 Å². The van der Waals surface area contributed by atoms with Gasteiger partial charge < -0.3 is 20.6 Å². The first-order chi connectivity index (χ1) is 12.0. The molecule has 1 saturated carbocycles. The lowest BCUT2D eigenvalue weighted by Crippen LogP contribution is -2.38. The van der Waals surface area contributed by atoms with Crippen LogP contribution in [0.15, 0.2) is 48.5 Å². The molecule has 4 N–H and O–H groups in total. The minimum absolute atomic E-state index is 0. The Morgan fingerprint density at radius 2 is 1.50 bits per heavy atom. The lowest BCUT2D eigenvalue weighted by molar-refractivity contribution is 0.159. The summed E-state index contributed by atoms with van der Waals surface area (Å²) in [6.45, 7) is 2.78. The lowest BCUT2D eigenvalue weighted by Gasteiger charge is -2.34. The molecular formula is C21H28ClNO3. The van der Waals surface area contributed by atoms with Gasteiger partial charge in [-0.05, 0) is 66.5 Å². The molecule has 142 valence electrons. The van der Waals surface area contributed by atoms with E-state index in [1.807, 2.05) is 12.1 Å². The molecule has 1 aliphatic carbocycles. The van der Waals surface area contributed by atoms with Crippen molar-refractivity contribution in [3.63, 3.8) is 0 Å². The number of rotatable bonds is 5. The van der Waals surface area contributed by atoms with Crippen molar-refractivity contribution in [1.82, 2.24) is 5.32 Å². The number of hydrogen-bond donors (Lipinski definition) is 4. The molecule has 2 aromatic rings. The summed E-state index contributed by atoms with van der Waals surface area (Å²) in [6, 6.07) is 14.6. The predicted molar refractivity (Wildman–Crippen MR) is 106 cm³/mol. The van der Waals surface area contributed by atoms with Gasteiger partial charge in [0, 0.05) is 12.6 Å². The molecule has 4 atom stereocenters. The van der Waals surface area contributed by atoms with Gasteiger partial charge in [-0.15, -0.1) is 12.4 Å². The van der Waals surface area contributed by atoms with Gasteiger partial charge in [0.05, 0.1) is 6.10 Å². The second-order valence-electron chi connectivity index (χ2n) is 7.31. The Morgan fingerprint density at radius 3 is 2.12 bits per heavy atom. The van der Waals surface area contributed by atoms with Crippen LogP contribution in [-0.4, -0.2) is 27.9 Å². The van der Waals surface area contributed by atoms with E-state index in [0.717, 1.165) is 24.8 Å². The van der Waals surface area contributed by atoms with E-state index in [9.17, 15) is 15.3 Å². The van der Waals surface area contributed by atoms with Crippen LogP contribution in [0.3, 0.4) is 0 Å². The summed E-state index contributed by atoms with van der Waals surface area (Å²) in [5.74, 6) is 1.62. The zero-order valence-corrected chi connectivity index (χ0v) is 15.8. The molecule has 5 heteroatoms. The van der Waals surface area contributed by atoms with E-state index in [0.29, 0.717) is 30.2 Å². The van der Waals surface area contributed by atoms with Crippen molar-refractivity contribution in [1.29, 1.82) is 0 Å². The maximum Gasteiger partial charge on any atom is 0.115 e. The largest absolute Gasteiger partial charge is 0.508 e. The molecule has 0 aromatic heterocycles. The molecule has 0 spiro atoms. The highest BCUT2D eigenvalue weighted by molar-refractivity contribution is 5.85. The van der Waals surface area contributed by atoms with Crippen LogP contribution in [0.25, 0.3) is 0 Å².